The molecular weight excluding hydrogens is 557 g/mol. The molecule has 1 aliphatic heterocycles. The van der Waals surface area contributed by atoms with Crippen LogP contribution in [0.3, 0.4) is 0 Å². The van der Waals surface area contributed by atoms with Gasteiger partial charge in [-0.15, -0.1) is 0 Å². The van der Waals surface area contributed by atoms with Crippen molar-refractivity contribution in [2.45, 2.75) is 51.3 Å². The second-order valence-electron chi connectivity index (χ2n) is 9.77. The number of hydrogen-bond acceptors (Lipinski definition) is 7. The monoisotopic (exact) mass is 590 g/mol. The van der Waals surface area contributed by atoms with Crippen LogP contribution in [-0.4, -0.2) is 33.5 Å². The molecule has 0 bridgehead atoms. The Morgan fingerprint density at radius 2 is 1.49 bits per heavy atom. The smallest absolute Gasteiger partial charge is 0.437 e. The molecule has 0 aliphatic carbocycles. The number of unbranched alkanes of at least 4 members (excludes halogenated alkanes) is 2. The van der Waals surface area contributed by atoms with Gasteiger partial charge in [0, 0.05) is 42.0 Å². The van der Waals surface area contributed by atoms with Crippen molar-refractivity contribution in [1.82, 2.24) is 0 Å². The van der Waals surface area contributed by atoms with Gasteiger partial charge in [-0.2, -0.15) is 29.0 Å². The molecule has 1 aliphatic rings. The molecule has 0 saturated heterocycles. The second-order valence-corrected chi connectivity index (χ2v) is 9.77. The van der Waals surface area contributed by atoms with E-state index in [0.717, 1.165) is 50.5 Å². The summed E-state index contributed by atoms with van der Waals surface area (Å²) in [7, 11) is 2.90. The van der Waals surface area contributed by atoms with Crippen molar-refractivity contribution in [3.63, 3.8) is 0 Å². The van der Waals surface area contributed by atoms with Crippen LogP contribution in [0.1, 0.15) is 50.7 Å². The highest BCUT2D eigenvalue weighted by atomic mass is 19.4. The number of hydrogen-bond donors (Lipinski definition) is 0. The minimum absolute atomic E-state index is 0.322. The van der Waals surface area contributed by atoms with E-state index in [0.29, 0.717) is 17.1 Å². The molecular formula is C33H33F3N4O3. The Labute approximate surface area is 250 Å². The van der Waals surface area contributed by atoms with Gasteiger partial charge in [-0.25, -0.2) is 0 Å². The van der Waals surface area contributed by atoms with Crippen molar-refractivity contribution in [2.75, 3.05) is 32.2 Å². The summed E-state index contributed by atoms with van der Waals surface area (Å²) < 4.78 is 62.2. The second kappa shape index (κ2) is 14.3. The molecule has 0 amide bonds. The average Bonchev–Trinajstić information content (AvgIpc) is 3.36. The molecule has 3 rings (SSSR count). The molecule has 10 heteroatoms. The highest BCUT2D eigenvalue weighted by Gasteiger charge is 2.65. The number of rotatable bonds is 12. The van der Waals surface area contributed by atoms with Crippen molar-refractivity contribution in [3.8, 4) is 29.7 Å². The first kappa shape index (κ1) is 32.6. The van der Waals surface area contributed by atoms with Gasteiger partial charge in [0.1, 0.15) is 35.3 Å². The van der Waals surface area contributed by atoms with Gasteiger partial charge in [-0.05, 0) is 18.9 Å². The first-order valence-corrected chi connectivity index (χ1v) is 13.9. The molecule has 0 spiro atoms. The zero-order valence-electron chi connectivity index (χ0n) is 24.6. The maximum atomic E-state index is 15.1. The van der Waals surface area contributed by atoms with Gasteiger partial charge in [0.2, 0.25) is 0 Å². The maximum Gasteiger partial charge on any atom is 0.437 e. The van der Waals surface area contributed by atoms with Gasteiger partial charge in [0.15, 0.2) is 11.3 Å². The largest absolute Gasteiger partial charge is 0.496 e. The molecule has 2 aromatic rings. The van der Waals surface area contributed by atoms with Gasteiger partial charge in [0.25, 0.3) is 5.60 Å². The summed E-state index contributed by atoms with van der Waals surface area (Å²) >= 11 is 0. The van der Waals surface area contributed by atoms with E-state index < -0.39 is 34.3 Å². The van der Waals surface area contributed by atoms with E-state index in [1.165, 1.54) is 44.6 Å². The van der Waals surface area contributed by atoms with Gasteiger partial charge in [-0.1, -0.05) is 63.1 Å². The van der Waals surface area contributed by atoms with Crippen LogP contribution in [0.15, 0.2) is 71.0 Å². The number of ether oxygens (including phenoxy) is 3. The molecule has 0 radical (unpaired) electrons. The zero-order chi connectivity index (χ0) is 31.6. The van der Waals surface area contributed by atoms with Crippen molar-refractivity contribution < 1.29 is 27.4 Å². The van der Waals surface area contributed by atoms with E-state index >= 15 is 13.2 Å². The highest BCUT2D eigenvalue weighted by Crippen LogP contribution is 2.56. The SMILES string of the molecule is CCCCN(CCCC)c1cc(OC)c(/C=C/C2=C(C#N)C(=C(C#N)C#N)OC2(c2ccccc2)C(F)(F)F)c(OC)c1. The molecule has 7 nitrogen and oxygen atoms in total. The quantitative estimate of drug-likeness (QED) is 0.233. The predicted molar refractivity (Wildman–Crippen MR) is 157 cm³/mol. The number of halogens is 3. The fourth-order valence-electron chi connectivity index (χ4n) is 4.94. The first-order chi connectivity index (χ1) is 20.7. The summed E-state index contributed by atoms with van der Waals surface area (Å²) in [4.78, 5) is 2.22. The summed E-state index contributed by atoms with van der Waals surface area (Å²) in [6.07, 6.45) is 1.36. The zero-order valence-corrected chi connectivity index (χ0v) is 24.6. The molecule has 0 fully saturated rings. The van der Waals surface area contributed by atoms with E-state index in [1.807, 2.05) is 0 Å². The molecule has 1 atom stereocenters. The van der Waals surface area contributed by atoms with Crippen LogP contribution in [0.25, 0.3) is 6.08 Å². The summed E-state index contributed by atoms with van der Waals surface area (Å²) in [5.41, 5.74) is -4.20. The third-order valence-corrected chi connectivity index (χ3v) is 7.15. The summed E-state index contributed by atoms with van der Waals surface area (Å²) in [6.45, 7) is 5.84. The van der Waals surface area contributed by atoms with Crippen LogP contribution in [-0.2, 0) is 10.3 Å². The number of alkyl halides is 3. The Bertz CT molecular complexity index is 1480. The minimum atomic E-state index is -5.09. The molecule has 0 saturated carbocycles. The Kier molecular flexibility index (Phi) is 10.9. The number of nitrogens with zero attached hydrogens (tertiary/aromatic N) is 4. The number of benzene rings is 2. The normalized spacial score (nSPS) is 16.3. The number of methoxy groups -OCH3 is 2. The number of nitriles is 3. The summed E-state index contributed by atoms with van der Waals surface area (Å²) in [5.74, 6) is -0.0287. The third-order valence-electron chi connectivity index (χ3n) is 7.15. The van der Waals surface area contributed by atoms with E-state index in [9.17, 15) is 15.8 Å². The maximum absolute atomic E-state index is 15.1. The van der Waals surface area contributed by atoms with Crippen LogP contribution in [0.4, 0.5) is 18.9 Å². The van der Waals surface area contributed by atoms with Crippen molar-refractivity contribution in [3.05, 3.63) is 82.1 Å². The van der Waals surface area contributed by atoms with E-state index in [4.69, 9.17) is 14.2 Å². The first-order valence-electron chi connectivity index (χ1n) is 13.9. The molecule has 0 aromatic heterocycles. The fourth-order valence-corrected chi connectivity index (χ4v) is 4.94. The van der Waals surface area contributed by atoms with Crippen LogP contribution < -0.4 is 14.4 Å². The average molecular weight is 591 g/mol. The molecule has 1 heterocycles. The standard InChI is InChI=1S/C33H33F3N4O3/c1-5-7-16-40(17-8-6-2)25-18-29(41-3)26(30(19-25)42-4)14-15-28-27(22-39)31(23(20-37)21-38)43-32(28,33(34,35)36)24-12-10-9-11-13-24/h9-15,18-19H,5-8,16-17H2,1-4H3/b15-14+. The van der Waals surface area contributed by atoms with Crippen LogP contribution in [0.2, 0.25) is 0 Å². The Hall–Kier alpha value is -4.88. The topological polar surface area (TPSA) is 102 Å². The lowest BCUT2D eigenvalue weighted by Gasteiger charge is -2.33. The van der Waals surface area contributed by atoms with Gasteiger partial charge in [-0.3, -0.25) is 0 Å². The van der Waals surface area contributed by atoms with Gasteiger partial charge >= 0.3 is 6.18 Å². The van der Waals surface area contributed by atoms with Crippen LogP contribution in [0.5, 0.6) is 11.5 Å². The van der Waals surface area contributed by atoms with Gasteiger partial charge < -0.3 is 19.1 Å². The minimum Gasteiger partial charge on any atom is -0.496 e. The lowest BCUT2D eigenvalue weighted by molar-refractivity contribution is -0.249. The van der Waals surface area contributed by atoms with E-state index in [-0.39, 0.29) is 5.56 Å². The molecule has 2 aromatic carbocycles. The lowest BCUT2D eigenvalue weighted by atomic mass is 9.83. The van der Waals surface area contributed by atoms with Gasteiger partial charge in [0.05, 0.1) is 19.8 Å². The van der Waals surface area contributed by atoms with E-state index in [1.54, 1.807) is 36.4 Å². The Morgan fingerprint density at radius 3 is 1.93 bits per heavy atom. The van der Waals surface area contributed by atoms with Crippen LogP contribution >= 0.6 is 0 Å². The molecule has 1 unspecified atom stereocenters. The Balaban J connectivity index is 2.31. The van der Waals surface area contributed by atoms with Crippen LogP contribution in [0, 0.1) is 34.0 Å². The molecule has 0 N–H and O–H groups in total. The van der Waals surface area contributed by atoms with E-state index in [2.05, 4.69) is 18.7 Å². The summed E-state index contributed by atoms with van der Waals surface area (Å²) in [6, 6.07) is 15.2. The van der Waals surface area contributed by atoms with Crippen molar-refractivity contribution in [1.29, 1.82) is 15.8 Å². The lowest BCUT2D eigenvalue weighted by Crippen LogP contribution is -2.43. The van der Waals surface area contributed by atoms with Crippen molar-refractivity contribution in [2.24, 2.45) is 0 Å². The highest BCUT2D eigenvalue weighted by molar-refractivity contribution is 5.74. The predicted octanol–water partition coefficient (Wildman–Crippen LogP) is 7.73. The number of anilines is 1. The van der Waals surface area contributed by atoms with Crippen molar-refractivity contribution >= 4 is 11.8 Å². The fraction of sp³-hybridized carbons (Fsp3) is 0.364. The summed E-state index contributed by atoms with van der Waals surface area (Å²) in [5, 5.41) is 29.0. The number of allylic oxidation sites excluding steroid dienone is 2. The molecule has 43 heavy (non-hydrogen) atoms. The molecule has 224 valence electrons. The Morgan fingerprint density at radius 1 is 0.930 bits per heavy atom. The third kappa shape index (κ3) is 6.47.